The van der Waals surface area contributed by atoms with E-state index < -0.39 is 0 Å². The van der Waals surface area contributed by atoms with Gasteiger partial charge in [-0.15, -0.1) is 24.0 Å². The maximum atomic E-state index is 5.78. The Kier molecular flexibility index (Phi) is 9.36. The smallest absolute Gasteiger partial charge is 0.191 e. The summed E-state index contributed by atoms with van der Waals surface area (Å²) in [5, 5.41) is 6.96. The summed E-state index contributed by atoms with van der Waals surface area (Å²) in [4.78, 5) is 8.26. The van der Waals surface area contributed by atoms with Crippen molar-refractivity contribution in [2.75, 3.05) is 21.3 Å². The maximum Gasteiger partial charge on any atom is 0.191 e. The first-order valence-corrected chi connectivity index (χ1v) is 7.80. The number of halogens is 2. The van der Waals surface area contributed by atoms with Crippen molar-refractivity contribution in [2.45, 2.75) is 13.1 Å². The molecule has 2 N–H and O–H groups in total. The number of methoxy groups -OCH3 is 2. The van der Waals surface area contributed by atoms with Crippen LogP contribution in [0.3, 0.4) is 0 Å². The first kappa shape index (κ1) is 21.3. The van der Waals surface area contributed by atoms with E-state index in [4.69, 9.17) is 21.1 Å². The number of benzene rings is 1. The standard InChI is InChI=1S/C17H21ClN4O2.HI/c1-19-17(21-10-12-4-7-16(18)20-9-12)22-11-13-5-6-14(23-2)8-15(13)24-3;/h4-9H,10-11H2,1-3H3,(H2,19,21,22);1H. The number of rotatable bonds is 6. The third-order valence-electron chi connectivity index (χ3n) is 3.41. The Morgan fingerprint density at radius 1 is 1.12 bits per heavy atom. The van der Waals surface area contributed by atoms with Crippen molar-refractivity contribution in [3.05, 3.63) is 52.8 Å². The van der Waals surface area contributed by atoms with Crippen LogP contribution < -0.4 is 20.1 Å². The van der Waals surface area contributed by atoms with E-state index in [0.29, 0.717) is 24.2 Å². The van der Waals surface area contributed by atoms with E-state index in [1.807, 2.05) is 24.3 Å². The largest absolute Gasteiger partial charge is 0.497 e. The minimum absolute atomic E-state index is 0. The summed E-state index contributed by atoms with van der Waals surface area (Å²) in [7, 11) is 4.99. The average molecular weight is 477 g/mol. The SMILES string of the molecule is CN=C(NCc1ccc(Cl)nc1)NCc1ccc(OC)cc1OC.I. The molecule has 2 aromatic rings. The molecule has 25 heavy (non-hydrogen) atoms. The average Bonchev–Trinajstić information content (AvgIpc) is 2.63. The monoisotopic (exact) mass is 476 g/mol. The van der Waals surface area contributed by atoms with Gasteiger partial charge < -0.3 is 20.1 Å². The fraction of sp³-hybridized carbons (Fsp3) is 0.294. The fourth-order valence-electron chi connectivity index (χ4n) is 2.09. The highest BCUT2D eigenvalue weighted by atomic mass is 127. The first-order chi connectivity index (χ1) is 11.7. The second-order valence-corrected chi connectivity index (χ2v) is 5.33. The quantitative estimate of drug-likeness (QED) is 0.290. The van der Waals surface area contributed by atoms with E-state index in [9.17, 15) is 0 Å². The Balaban J connectivity index is 0.00000312. The zero-order valence-electron chi connectivity index (χ0n) is 14.4. The normalized spacial score (nSPS) is 10.6. The molecule has 0 atom stereocenters. The van der Waals surface area contributed by atoms with E-state index >= 15 is 0 Å². The van der Waals surface area contributed by atoms with Crippen LogP contribution in [-0.2, 0) is 13.1 Å². The van der Waals surface area contributed by atoms with Gasteiger partial charge in [0.15, 0.2) is 5.96 Å². The Bertz CT molecular complexity index is 696. The van der Waals surface area contributed by atoms with Gasteiger partial charge in [0.25, 0.3) is 0 Å². The summed E-state index contributed by atoms with van der Waals surface area (Å²) < 4.78 is 10.6. The van der Waals surface area contributed by atoms with Crippen LogP contribution in [-0.4, -0.2) is 32.2 Å². The molecule has 0 bridgehead atoms. The summed E-state index contributed by atoms with van der Waals surface area (Å²) in [6, 6.07) is 9.39. The Morgan fingerprint density at radius 2 is 1.88 bits per heavy atom. The molecule has 0 saturated carbocycles. The van der Waals surface area contributed by atoms with E-state index in [0.717, 1.165) is 22.6 Å². The molecular weight excluding hydrogens is 455 g/mol. The molecule has 0 fully saturated rings. The Morgan fingerprint density at radius 3 is 2.48 bits per heavy atom. The van der Waals surface area contributed by atoms with Gasteiger partial charge in [0.1, 0.15) is 16.7 Å². The van der Waals surface area contributed by atoms with E-state index in [1.165, 1.54) is 0 Å². The summed E-state index contributed by atoms with van der Waals surface area (Å²) in [5.74, 6) is 2.20. The van der Waals surface area contributed by atoms with E-state index in [-0.39, 0.29) is 24.0 Å². The molecule has 0 spiro atoms. The molecule has 6 nitrogen and oxygen atoms in total. The molecule has 0 aliphatic carbocycles. The van der Waals surface area contributed by atoms with Crippen LogP contribution >= 0.6 is 35.6 Å². The maximum absolute atomic E-state index is 5.78. The van der Waals surface area contributed by atoms with Gasteiger partial charge in [-0.2, -0.15) is 0 Å². The number of pyridine rings is 1. The van der Waals surface area contributed by atoms with Gasteiger partial charge in [-0.05, 0) is 23.8 Å². The summed E-state index contributed by atoms with van der Waals surface area (Å²) in [6.45, 7) is 1.18. The Labute approximate surface area is 170 Å². The molecule has 0 saturated heterocycles. The van der Waals surface area contributed by atoms with Gasteiger partial charge in [-0.1, -0.05) is 17.7 Å². The molecule has 1 heterocycles. The summed E-state index contributed by atoms with van der Waals surface area (Å²) in [5.41, 5.74) is 2.03. The lowest BCUT2D eigenvalue weighted by atomic mass is 10.2. The molecule has 8 heteroatoms. The number of aromatic nitrogens is 1. The second-order valence-electron chi connectivity index (χ2n) is 4.95. The molecular formula is C17H22ClIN4O2. The third kappa shape index (κ3) is 6.58. The number of nitrogens with one attached hydrogen (secondary N) is 2. The van der Waals surface area contributed by atoms with Crippen molar-refractivity contribution in [1.29, 1.82) is 0 Å². The number of hydrogen-bond donors (Lipinski definition) is 2. The lowest BCUT2D eigenvalue weighted by Crippen LogP contribution is -2.36. The van der Waals surface area contributed by atoms with Gasteiger partial charge in [0.05, 0.1) is 14.2 Å². The molecule has 1 aromatic heterocycles. The molecule has 0 radical (unpaired) electrons. The van der Waals surface area contributed by atoms with Crippen molar-refractivity contribution in [3.63, 3.8) is 0 Å². The topological polar surface area (TPSA) is 67.8 Å². The first-order valence-electron chi connectivity index (χ1n) is 7.42. The van der Waals surface area contributed by atoms with Gasteiger partial charge in [0.2, 0.25) is 0 Å². The van der Waals surface area contributed by atoms with Gasteiger partial charge in [-0.3, -0.25) is 4.99 Å². The van der Waals surface area contributed by atoms with Crippen LogP contribution in [0, 0.1) is 0 Å². The molecule has 0 aliphatic heterocycles. The van der Waals surface area contributed by atoms with Crippen molar-refractivity contribution in [2.24, 2.45) is 4.99 Å². The second kappa shape index (κ2) is 11.0. The molecule has 136 valence electrons. The third-order valence-corrected chi connectivity index (χ3v) is 3.64. The summed E-state index contributed by atoms with van der Waals surface area (Å²) in [6.07, 6.45) is 1.73. The van der Waals surface area contributed by atoms with Gasteiger partial charge in [-0.25, -0.2) is 4.98 Å². The predicted molar refractivity (Wildman–Crippen MR) is 111 cm³/mol. The van der Waals surface area contributed by atoms with Crippen molar-refractivity contribution in [1.82, 2.24) is 15.6 Å². The van der Waals surface area contributed by atoms with Crippen LogP contribution in [0.5, 0.6) is 11.5 Å². The molecule has 0 aliphatic rings. The van der Waals surface area contributed by atoms with Crippen LogP contribution in [0.15, 0.2) is 41.5 Å². The highest BCUT2D eigenvalue weighted by Crippen LogP contribution is 2.24. The zero-order valence-corrected chi connectivity index (χ0v) is 17.5. The Hall–Kier alpha value is -1.74. The number of nitrogens with zero attached hydrogens (tertiary/aromatic N) is 2. The van der Waals surface area contributed by atoms with Gasteiger partial charge >= 0.3 is 0 Å². The fourth-order valence-corrected chi connectivity index (χ4v) is 2.21. The van der Waals surface area contributed by atoms with Crippen molar-refractivity contribution >= 4 is 41.5 Å². The molecule has 0 amide bonds. The number of aliphatic imine (C=N–C) groups is 1. The molecule has 1 aromatic carbocycles. The highest BCUT2D eigenvalue weighted by Gasteiger charge is 2.06. The molecule has 0 unspecified atom stereocenters. The van der Waals surface area contributed by atoms with Crippen molar-refractivity contribution < 1.29 is 9.47 Å². The van der Waals surface area contributed by atoms with Crippen LogP contribution in [0.4, 0.5) is 0 Å². The minimum Gasteiger partial charge on any atom is -0.497 e. The number of hydrogen-bond acceptors (Lipinski definition) is 4. The lowest BCUT2D eigenvalue weighted by molar-refractivity contribution is 0.390. The number of ether oxygens (including phenoxy) is 2. The van der Waals surface area contributed by atoms with E-state index in [1.54, 1.807) is 33.5 Å². The number of guanidine groups is 1. The van der Waals surface area contributed by atoms with Crippen molar-refractivity contribution in [3.8, 4) is 11.5 Å². The minimum atomic E-state index is 0. The van der Waals surface area contributed by atoms with E-state index in [2.05, 4.69) is 20.6 Å². The van der Waals surface area contributed by atoms with Crippen LogP contribution in [0.25, 0.3) is 0 Å². The zero-order chi connectivity index (χ0) is 17.4. The van der Waals surface area contributed by atoms with Crippen LogP contribution in [0.2, 0.25) is 5.15 Å². The van der Waals surface area contributed by atoms with Gasteiger partial charge in [0, 0.05) is 38.0 Å². The highest BCUT2D eigenvalue weighted by molar-refractivity contribution is 14.0. The molecule has 2 rings (SSSR count). The van der Waals surface area contributed by atoms with Crippen LogP contribution in [0.1, 0.15) is 11.1 Å². The predicted octanol–water partition coefficient (Wildman–Crippen LogP) is 3.24. The lowest BCUT2D eigenvalue weighted by Gasteiger charge is -2.14. The summed E-state index contributed by atoms with van der Waals surface area (Å²) >= 11 is 5.78.